The molecule has 3 saturated carbocycles. The van der Waals surface area contributed by atoms with Crippen LogP contribution in [0, 0.1) is 39.4 Å². The Morgan fingerprint density at radius 3 is 1.63 bits per heavy atom. The molecule has 578 valence electrons. The lowest BCUT2D eigenvalue weighted by molar-refractivity contribution is -0.396. The van der Waals surface area contributed by atoms with Gasteiger partial charge in [-0.05, 0) is 81.5 Å². The number of allylic oxidation sites excluding steroid dienone is 2. The molecule has 0 radical (unpaired) electrons. The van der Waals surface area contributed by atoms with E-state index in [1.807, 2.05) is 13.8 Å². The topological polar surface area (TPSA) is 485 Å². The summed E-state index contributed by atoms with van der Waals surface area (Å²) < 4.78 is 95.6. The van der Waals surface area contributed by atoms with Crippen LogP contribution < -0.4 is 0 Å². The quantitative estimate of drug-likeness (QED) is 0.0343. The Hall–Kier alpha value is -2.74. The van der Waals surface area contributed by atoms with E-state index < -0.39 is 252 Å². The molecule has 101 heavy (non-hydrogen) atoms. The highest BCUT2D eigenvalue weighted by molar-refractivity contribution is 5.83. The van der Waals surface area contributed by atoms with Gasteiger partial charge in [0.15, 0.2) is 37.7 Å². The van der Waals surface area contributed by atoms with E-state index in [9.17, 15) is 86.2 Å². The van der Waals surface area contributed by atoms with Crippen molar-refractivity contribution in [3.05, 3.63) is 23.8 Å². The van der Waals surface area contributed by atoms with Gasteiger partial charge < -0.3 is 152 Å². The summed E-state index contributed by atoms with van der Waals surface area (Å²) in [6.07, 6.45) is -41.7. The van der Waals surface area contributed by atoms with E-state index in [4.69, 9.17) is 75.8 Å². The minimum absolute atomic E-state index is 0.0516. The molecule has 0 aromatic heterocycles. The molecule has 0 unspecified atom stereocenters. The Morgan fingerprint density at radius 1 is 0.545 bits per heavy atom. The molecule has 33 nitrogen and oxygen atoms in total. The van der Waals surface area contributed by atoms with Crippen LogP contribution in [0.4, 0.5) is 0 Å². The zero-order valence-electron chi connectivity index (χ0n) is 58.5. The van der Waals surface area contributed by atoms with Crippen LogP contribution in [0.15, 0.2) is 23.8 Å². The molecule has 37 atom stereocenters. The Labute approximate surface area is 585 Å². The van der Waals surface area contributed by atoms with Crippen LogP contribution in [0.1, 0.15) is 106 Å². The van der Waals surface area contributed by atoms with Crippen LogP contribution in [-0.2, 0) is 85.4 Å². The molecule has 10 fully saturated rings. The molecule has 11 rings (SSSR count). The van der Waals surface area contributed by atoms with Gasteiger partial charge in [-0.2, -0.15) is 0 Å². The van der Waals surface area contributed by atoms with Gasteiger partial charge in [0.05, 0.1) is 51.2 Å². The third kappa shape index (κ3) is 14.2. The van der Waals surface area contributed by atoms with Crippen LogP contribution in [-0.4, -0.2) is 332 Å². The van der Waals surface area contributed by atoms with Gasteiger partial charge in [-0.15, -0.1) is 6.58 Å². The van der Waals surface area contributed by atoms with Gasteiger partial charge in [-0.25, -0.2) is 0 Å². The summed E-state index contributed by atoms with van der Waals surface area (Å²) in [5, 5.41) is 167. The first kappa shape index (κ1) is 79.3. The van der Waals surface area contributed by atoms with Gasteiger partial charge in [-0.3, -0.25) is 9.59 Å². The minimum Gasteiger partial charge on any atom is -0.462 e. The maximum absolute atomic E-state index is 14.8. The second-order valence-corrected chi connectivity index (χ2v) is 31.0. The van der Waals surface area contributed by atoms with Crippen molar-refractivity contribution in [2.75, 3.05) is 53.9 Å². The van der Waals surface area contributed by atoms with Gasteiger partial charge in [0.1, 0.15) is 146 Å². The number of rotatable bonds is 23. The van der Waals surface area contributed by atoms with E-state index in [1.165, 1.54) is 26.7 Å². The van der Waals surface area contributed by atoms with Crippen molar-refractivity contribution in [3.8, 4) is 0 Å². The third-order valence-corrected chi connectivity index (χ3v) is 24.6. The van der Waals surface area contributed by atoms with Crippen LogP contribution in [0.25, 0.3) is 0 Å². The highest BCUT2D eigenvalue weighted by Gasteiger charge is 2.77. The number of hydrogen-bond acceptors (Lipinski definition) is 33. The van der Waals surface area contributed by atoms with Crippen molar-refractivity contribution in [1.29, 1.82) is 0 Å². The number of fused-ring (bicyclic) bond motifs is 4. The largest absolute Gasteiger partial charge is 0.462 e. The number of ether oxygens (including phenoxy) is 16. The normalized spacial score (nSPS) is 50.8. The lowest BCUT2D eigenvalue weighted by Crippen LogP contribution is -2.67. The summed E-state index contributed by atoms with van der Waals surface area (Å²) in [7, 11) is 2.37. The van der Waals surface area contributed by atoms with E-state index in [2.05, 4.69) is 40.3 Å². The lowest BCUT2D eigenvalue weighted by Gasteiger charge is -2.64. The summed E-state index contributed by atoms with van der Waals surface area (Å²) in [5.41, 5.74) is -1.19. The molecule has 0 aromatic carbocycles. The molecule has 4 aliphatic carbocycles. The van der Waals surface area contributed by atoms with E-state index >= 15 is 0 Å². The van der Waals surface area contributed by atoms with Gasteiger partial charge in [0.2, 0.25) is 0 Å². The highest BCUT2D eigenvalue weighted by Crippen LogP contribution is 2.76. The summed E-state index contributed by atoms with van der Waals surface area (Å²) in [4.78, 5) is 27.1. The average Bonchev–Trinajstić information content (AvgIpc) is 1.53. The third-order valence-electron chi connectivity index (χ3n) is 24.6. The minimum atomic E-state index is -2.13. The van der Waals surface area contributed by atoms with Gasteiger partial charge >= 0.3 is 11.9 Å². The number of carbonyl (C=O) groups is 2. The molecule has 11 aliphatic rings. The molecule has 7 heterocycles. The average molecular weight is 1450 g/mol. The molecular weight excluding hydrogens is 1340 g/mol. The predicted octanol–water partition coefficient (Wildman–Crippen LogP) is -3.93. The van der Waals surface area contributed by atoms with Crippen LogP contribution in [0.2, 0.25) is 0 Å². The van der Waals surface area contributed by atoms with Crippen LogP contribution in [0.3, 0.4) is 0 Å². The van der Waals surface area contributed by atoms with E-state index in [0.29, 0.717) is 44.9 Å². The summed E-state index contributed by atoms with van der Waals surface area (Å²) >= 11 is 0. The number of cyclic esters (lactones) is 1. The Bertz CT molecular complexity index is 2860. The predicted molar refractivity (Wildman–Crippen MR) is 337 cm³/mol. The molecule has 7 aliphatic heterocycles. The van der Waals surface area contributed by atoms with Gasteiger partial charge in [-0.1, -0.05) is 44.9 Å². The van der Waals surface area contributed by atoms with Crippen molar-refractivity contribution in [2.45, 2.75) is 296 Å². The van der Waals surface area contributed by atoms with E-state index in [-0.39, 0.29) is 29.1 Å². The van der Waals surface area contributed by atoms with Gasteiger partial charge in [0, 0.05) is 45.3 Å². The zero-order chi connectivity index (χ0) is 73.5. The second kappa shape index (κ2) is 31.1. The highest BCUT2D eigenvalue weighted by atomic mass is 16.8. The molecule has 33 heteroatoms. The first-order chi connectivity index (χ1) is 47.7. The van der Waals surface area contributed by atoms with E-state index in [0.717, 1.165) is 18.4 Å². The van der Waals surface area contributed by atoms with Crippen molar-refractivity contribution in [1.82, 2.24) is 0 Å². The van der Waals surface area contributed by atoms with E-state index in [1.54, 1.807) is 0 Å². The monoisotopic (exact) mass is 1450 g/mol. The Morgan fingerprint density at radius 2 is 1.06 bits per heavy atom. The first-order valence-electron chi connectivity index (χ1n) is 35.2. The number of methoxy groups -OCH3 is 2. The fraction of sp³-hybridized carbons (Fsp3) is 0.912. The van der Waals surface area contributed by atoms with Crippen LogP contribution >= 0.6 is 0 Å². The number of esters is 2. The second-order valence-electron chi connectivity index (χ2n) is 31.0. The standard InChI is InChI=1S/C68H108O33/c1-27(2)19-29(90-28(3)73)20-67(8)39-14-17-66(7)31-11-12-38-64(4,5)40(15-16-65(38,6)30(31)13-18-68(39,66)63(85)101-67)96-62-56(44(78)37(26-89-62)95-59-50(84)55(43(77)35(23-71)91-59)99-61-49(83)54(87-10)42(76)34(22-70)93-61)100-58-46(80)45(79)52(36(24-72)94-58)98-57-47(81)51(32(74)25-88-57)97-60-48(82)53(86-9)41(75)33(21-69)92-60/h11,29-30,32-62,69-72,74-84H,1,12-26H2,2-10H3/t29-,30+,32+,33+,34+,35+,36+,37+,38-,39+,40-,41+,42+,43+,44-,45+,46+,47+,48+,49+,50+,51-,52+,53-,54-,55-,56+,57-,58-,59-,60-,61-,62-,65-,66-,67-,68+/m0/s1. The first-order valence-corrected chi connectivity index (χ1v) is 35.2. The maximum atomic E-state index is 14.8. The molecule has 0 aromatic rings. The van der Waals surface area contributed by atoms with Crippen molar-refractivity contribution < 1.29 is 162 Å². The fourth-order valence-electron chi connectivity index (χ4n) is 19.4. The molecular formula is C68H108O33. The molecule has 1 spiro atoms. The summed E-state index contributed by atoms with van der Waals surface area (Å²) in [5.74, 6) is -0.783. The Balaban J connectivity index is 0.836. The summed E-state index contributed by atoms with van der Waals surface area (Å²) in [6, 6.07) is 0. The van der Waals surface area contributed by atoms with Crippen molar-refractivity contribution >= 4 is 11.9 Å². The Kier molecular flexibility index (Phi) is 24.4. The van der Waals surface area contributed by atoms with Crippen LogP contribution in [0.5, 0.6) is 0 Å². The molecule has 15 N–H and O–H groups in total. The lowest BCUT2D eigenvalue weighted by atomic mass is 9.41. The molecule has 0 bridgehead atoms. The van der Waals surface area contributed by atoms with Crippen molar-refractivity contribution in [2.24, 2.45) is 39.4 Å². The summed E-state index contributed by atoms with van der Waals surface area (Å²) in [6.45, 7) is 13.5. The fourth-order valence-corrected chi connectivity index (χ4v) is 19.4. The molecule has 7 saturated heterocycles. The maximum Gasteiger partial charge on any atom is 0.313 e. The smallest absolute Gasteiger partial charge is 0.313 e. The number of aliphatic hydroxyl groups is 15. The number of carbonyl (C=O) groups excluding carboxylic acids is 2. The van der Waals surface area contributed by atoms with Gasteiger partial charge in [0.25, 0.3) is 0 Å². The number of hydrogen-bond donors (Lipinski definition) is 15. The SMILES string of the molecule is C=C(C)C[C@@H](C[C@]1(C)OC(=O)[C@]23CC[C@@H]4C(=CC[C@H]5C(C)(C)[C@@H](O[C@@H]6OC[C@@H](O[C@@H]7O[C@H](CO)[C@@H](O)[C@H](O[C@@H]8O[C@H](CO)[C@@H](O)[C@H](OC)[C@H]8O)[C@H]7O)[C@H](O)[C@H]6O[C@@H]6O[C@H](CO)[C@@H](O[C@@H]7OC[C@@H](O)[C@H](O[C@@H]8O[C@H](CO)[C@@H](O)[C@H](OC)[C@H]8O)[C@H]7O)[C@H](O)[C@H]6O)CC[C@@]45C)[C@]2(C)CC[C@@H]31)OC(C)=O. The number of aliphatic hydroxyl groups excluding tert-OH is 15. The molecule has 0 amide bonds. The zero-order valence-corrected chi connectivity index (χ0v) is 58.5. The van der Waals surface area contributed by atoms with Crippen molar-refractivity contribution in [3.63, 3.8) is 0 Å².